The second-order valence-electron chi connectivity index (χ2n) is 4.34. The number of pyridine rings is 1. The molecule has 0 aliphatic carbocycles. The van der Waals surface area contributed by atoms with Gasteiger partial charge in [-0.05, 0) is 25.5 Å². The van der Waals surface area contributed by atoms with Gasteiger partial charge >= 0.3 is 0 Å². The Bertz CT molecular complexity index is 459. The largest absolute Gasteiger partial charge is 0.357 e. The molecule has 19 heavy (non-hydrogen) atoms. The number of rotatable bonds is 7. The van der Waals surface area contributed by atoms with Crippen molar-refractivity contribution in [3.8, 4) is 0 Å². The number of aromatic nitrogens is 3. The molecule has 0 amide bonds. The topological polar surface area (TPSA) is 56.8 Å². The van der Waals surface area contributed by atoms with Crippen molar-refractivity contribution in [1.82, 2.24) is 20.3 Å². The summed E-state index contributed by atoms with van der Waals surface area (Å²) in [6, 6.07) is 4.20. The minimum absolute atomic E-state index is 0.741. The number of imidazole rings is 1. The molecule has 0 saturated carbocycles. The highest BCUT2D eigenvalue weighted by atomic mass is 15.2. The summed E-state index contributed by atoms with van der Waals surface area (Å²) in [6.07, 6.45) is 5.53. The molecule has 0 saturated heterocycles. The highest BCUT2D eigenvalue weighted by Crippen LogP contribution is 2.10. The van der Waals surface area contributed by atoms with E-state index in [0.717, 1.165) is 37.8 Å². The Morgan fingerprint density at radius 1 is 1.16 bits per heavy atom. The van der Waals surface area contributed by atoms with Gasteiger partial charge in [-0.3, -0.25) is 0 Å². The second-order valence-corrected chi connectivity index (χ2v) is 4.34. The van der Waals surface area contributed by atoms with E-state index < -0.39 is 0 Å². The molecule has 0 fully saturated rings. The van der Waals surface area contributed by atoms with Gasteiger partial charge in [0.2, 0.25) is 0 Å². The molecule has 5 nitrogen and oxygen atoms in total. The van der Waals surface area contributed by atoms with Crippen LogP contribution in [0.2, 0.25) is 0 Å². The fraction of sp³-hybridized carbons (Fsp3) is 0.429. The zero-order chi connectivity index (χ0) is 13.5. The van der Waals surface area contributed by atoms with Crippen molar-refractivity contribution >= 4 is 5.82 Å². The maximum absolute atomic E-state index is 4.50. The molecule has 2 N–H and O–H groups in total. The first-order chi connectivity index (χ1) is 9.33. The van der Waals surface area contributed by atoms with Gasteiger partial charge in [-0.2, -0.15) is 0 Å². The molecule has 5 heteroatoms. The fourth-order valence-electron chi connectivity index (χ4n) is 1.98. The first-order valence-corrected chi connectivity index (χ1v) is 6.72. The number of hydrogen-bond acceptors (Lipinski definition) is 4. The van der Waals surface area contributed by atoms with Crippen molar-refractivity contribution < 1.29 is 0 Å². The van der Waals surface area contributed by atoms with E-state index >= 15 is 0 Å². The van der Waals surface area contributed by atoms with E-state index in [-0.39, 0.29) is 0 Å². The van der Waals surface area contributed by atoms with E-state index in [4.69, 9.17) is 0 Å². The van der Waals surface area contributed by atoms with Crippen LogP contribution in [0.3, 0.4) is 0 Å². The molecule has 0 unspecified atom stereocenters. The van der Waals surface area contributed by atoms with Crippen LogP contribution in [-0.4, -0.2) is 28.0 Å². The van der Waals surface area contributed by atoms with Gasteiger partial charge in [-0.1, -0.05) is 6.07 Å². The van der Waals surface area contributed by atoms with Crippen LogP contribution >= 0.6 is 0 Å². The molecule has 2 aromatic heterocycles. The standard InChI is InChI=1S/C14H21N5/c1-3-19(4-2)14-6-5-12(10-18-14)9-15-11-13-16-7-8-17-13/h5-8,10,15H,3-4,9,11H2,1-2H3,(H,16,17). The Labute approximate surface area is 114 Å². The quantitative estimate of drug-likeness (QED) is 0.798. The normalized spacial score (nSPS) is 10.6. The lowest BCUT2D eigenvalue weighted by Crippen LogP contribution is -2.23. The van der Waals surface area contributed by atoms with Gasteiger partial charge in [-0.25, -0.2) is 9.97 Å². The predicted molar refractivity (Wildman–Crippen MR) is 76.9 cm³/mol. The Kier molecular flexibility index (Phi) is 4.92. The summed E-state index contributed by atoms with van der Waals surface area (Å²) in [4.78, 5) is 14.0. The highest BCUT2D eigenvalue weighted by Gasteiger charge is 2.02. The van der Waals surface area contributed by atoms with Crippen LogP contribution in [0.5, 0.6) is 0 Å². The molecule has 0 aromatic carbocycles. The number of H-pyrrole nitrogens is 1. The number of anilines is 1. The van der Waals surface area contributed by atoms with Crippen molar-refractivity contribution in [3.05, 3.63) is 42.1 Å². The van der Waals surface area contributed by atoms with Crippen LogP contribution in [0, 0.1) is 0 Å². The molecule has 0 aliphatic rings. The van der Waals surface area contributed by atoms with Gasteiger partial charge < -0.3 is 15.2 Å². The Balaban J connectivity index is 1.84. The third kappa shape index (κ3) is 3.79. The van der Waals surface area contributed by atoms with E-state index in [1.54, 1.807) is 6.20 Å². The van der Waals surface area contributed by atoms with Crippen molar-refractivity contribution in [2.45, 2.75) is 26.9 Å². The van der Waals surface area contributed by atoms with Gasteiger partial charge in [-0.15, -0.1) is 0 Å². The van der Waals surface area contributed by atoms with Gasteiger partial charge in [0.25, 0.3) is 0 Å². The summed E-state index contributed by atoms with van der Waals surface area (Å²) >= 11 is 0. The minimum atomic E-state index is 0.741. The first-order valence-electron chi connectivity index (χ1n) is 6.72. The summed E-state index contributed by atoms with van der Waals surface area (Å²) in [5.74, 6) is 1.99. The van der Waals surface area contributed by atoms with Crippen molar-refractivity contribution in [3.63, 3.8) is 0 Å². The highest BCUT2D eigenvalue weighted by molar-refractivity contribution is 5.38. The number of aromatic amines is 1. The molecule has 2 aromatic rings. The first kappa shape index (κ1) is 13.5. The number of hydrogen-bond donors (Lipinski definition) is 2. The zero-order valence-electron chi connectivity index (χ0n) is 11.6. The number of nitrogens with one attached hydrogen (secondary N) is 2. The molecule has 2 heterocycles. The number of nitrogens with zero attached hydrogens (tertiary/aromatic N) is 3. The summed E-state index contributed by atoms with van der Waals surface area (Å²) in [5.41, 5.74) is 1.18. The predicted octanol–water partition coefficient (Wildman–Crippen LogP) is 1.94. The molecule has 0 bridgehead atoms. The lowest BCUT2D eigenvalue weighted by atomic mass is 10.2. The van der Waals surface area contributed by atoms with E-state index in [1.807, 2.05) is 12.4 Å². The van der Waals surface area contributed by atoms with Crippen LogP contribution in [0.15, 0.2) is 30.7 Å². The summed E-state index contributed by atoms with van der Waals surface area (Å²) in [7, 11) is 0. The molecular formula is C14H21N5. The SMILES string of the molecule is CCN(CC)c1ccc(CNCc2ncc[nH]2)cn1. The molecular weight excluding hydrogens is 238 g/mol. The van der Waals surface area contributed by atoms with E-state index in [9.17, 15) is 0 Å². The van der Waals surface area contributed by atoms with Gasteiger partial charge in [0.05, 0.1) is 6.54 Å². The average molecular weight is 259 g/mol. The Morgan fingerprint density at radius 3 is 2.58 bits per heavy atom. The maximum Gasteiger partial charge on any atom is 0.128 e. The molecule has 0 radical (unpaired) electrons. The average Bonchev–Trinajstić information content (AvgIpc) is 2.95. The van der Waals surface area contributed by atoms with E-state index in [0.29, 0.717) is 0 Å². The molecule has 0 aliphatic heterocycles. The van der Waals surface area contributed by atoms with Crippen molar-refractivity contribution in [2.24, 2.45) is 0 Å². The van der Waals surface area contributed by atoms with Gasteiger partial charge in [0, 0.05) is 38.2 Å². The summed E-state index contributed by atoms with van der Waals surface area (Å²) in [5, 5.41) is 3.33. The van der Waals surface area contributed by atoms with Crippen LogP contribution in [0.25, 0.3) is 0 Å². The molecule has 0 spiro atoms. The van der Waals surface area contributed by atoms with Crippen LogP contribution in [-0.2, 0) is 13.1 Å². The van der Waals surface area contributed by atoms with Crippen molar-refractivity contribution in [2.75, 3.05) is 18.0 Å². The Morgan fingerprint density at radius 2 is 2.00 bits per heavy atom. The van der Waals surface area contributed by atoms with Crippen LogP contribution < -0.4 is 10.2 Å². The zero-order valence-corrected chi connectivity index (χ0v) is 11.6. The smallest absolute Gasteiger partial charge is 0.128 e. The third-order valence-electron chi connectivity index (χ3n) is 3.07. The minimum Gasteiger partial charge on any atom is -0.357 e. The second kappa shape index (κ2) is 6.89. The van der Waals surface area contributed by atoms with Crippen LogP contribution in [0.1, 0.15) is 25.2 Å². The lowest BCUT2D eigenvalue weighted by Gasteiger charge is -2.19. The van der Waals surface area contributed by atoms with Gasteiger partial charge in [0.1, 0.15) is 11.6 Å². The van der Waals surface area contributed by atoms with Crippen LogP contribution in [0.4, 0.5) is 5.82 Å². The maximum atomic E-state index is 4.50. The van der Waals surface area contributed by atoms with E-state index in [1.165, 1.54) is 5.56 Å². The Hall–Kier alpha value is -1.88. The summed E-state index contributed by atoms with van der Waals surface area (Å²) in [6.45, 7) is 7.80. The molecule has 102 valence electrons. The third-order valence-corrected chi connectivity index (χ3v) is 3.07. The molecule has 0 atom stereocenters. The lowest BCUT2D eigenvalue weighted by molar-refractivity contribution is 0.667. The fourth-order valence-corrected chi connectivity index (χ4v) is 1.98. The monoisotopic (exact) mass is 259 g/mol. The van der Waals surface area contributed by atoms with Gasteiger partial charge in [0.15, 0.2) is 0 Å². The molecule has 2 rings (SSSR count). The van der Waals surface area contributed by atoms with Crippen molar-refractivity contribution in [1.29, 1.82) is 0 Å². The van der Waals surface area contributed by atoms with E-state index in [2.05, 4.69) is 51.1 Å². The summed E-state index contributed by atoms with van der Waals surface area (Å²) < 4.78 is 0.